The number of urea groups is 1. The SMILES string of the molecule is Cc1ccc(NC(=O)N2Cc3c(sc4c3CCCC4)-n3cccc3C2c2cccc(F)c2)cc1F. The molecule has 7 heteroatoms. The molecule has 0 saturated carbocycles. The highest BCUT2D eigenvalue weighted by molar-refractivity contribution is 7.15. The van der Waals surface area contributed by atoms with Crippen molar-refractivity contribution in [2.24, 2.45) is 0 Å². The number of carbonyl (C=O) groups excluding carboxylic acids is 1. The average Bonchev–Trinajstić information content (AvgIpc) is 3.43. The Balaban J connectivity index is 1.49. The molecule has 2 aliphatic rings. The van der Waals surface area contributed by atoms with Crippen LogP contribution < -0.4 is 5.32 Å². The second-order valence-corrected chi connectivity index (χ2v) is 10.4. The van der Waals surface area contributed by atoms with Crippen LogP contribution in [-0.2, 0) is 19.4 Å². The minimum Gasteiger partial charge on any atom is -0.310 e. The fourth-order valence-corrected chi connectivity index (χ4v) is 6.68. The molecule has 1 unspecified atom stereocenters. The van der Waals surface area contributed by atoms with Crippen LogP contribution in [0.4, 0.5) is 19.3 Å². The van der Waals surface area contributed by atoms with Crippen molar-refractivity contribution < 1.29 is 13.6 Å². The lowest BCUT2D eigenvalue weighted by molar-refractivity contribution is 0.194. The van der Waals surface area contributed by atoms with E-state index in [2.05, 4.69) is 9.88 Å². The Hall–Kier alpha value is -3.45. The molecule has 1 N–H and O–H groups in total. The summed E-state index contributed by atoms with van der Waals surface area (Å²) in [5.41, 5.74) is 5.00. The maximum atomic E-state index is 14.3. The molecule has 2 aromatic heterocycles. The molecule has 2 amide bonds. The molecule has 6 rings (SSSR count). The number of amides is 2. The second-order valence-electron chi connectivity index (χ2n) is 9.28. The Bertz CT molecular complexity index is 1440. The lowest BCUT2D eigenvalue weighted by Crippen LogP contribution is -2.38. The van der Waals surface area contributed by atoms with Gasteiger partial charge in [-0.2, -0.15) is 0 Å². The van der Waals surface area contributed by atoms with Gasteiger partial charge in [-0.05, 0) is 85.7 Å². The molecule has 1 atom stereocenters. The van der Waals surface area contributed by atoms with Gasteiger partial charge in [0.1, 0.15) is 16.6 Å². The minimum absolute atomic E-state index is 0.348. The highest BCUT2D eigenvalue weighted by Crippen LogP contribution is 2.44. The number of aromatic nitrogens is 1. The van der Waals surface area contributed by atoms with Gasteiger partial charge < -0.3 is 14.8 Å². The van der Waals surface area contributed by atoms with Crippen molar-refractivity contribution in [1.29, 1.82) is 0 Å². The Labute approximate surface area is 206 Å². The molecule has 3 heterocycles. The minimum atomic E-state index is -0.505. The number of fused-ring (bicyclic) bond motifs is 5. The molecular formula is C28H25F2N3OS. The molecule has 0 radical (unpaired) electrons. The lowest BCUT2D eigenvalue weighted by Gasteiger charge is -2.31. The summed E-state index contributed by atoms with van der Waals surface area (Å²) in [6.07, 6.45) is 6.41. The van der Waals surface area contributed by atoms with Crippen LogP contribution in [0.2, 0.25) is 0 Å². The van der Waals surface area contributed by atoms with Gasteiger partial charge in [0, 0.05) is 22.3 Å². The summed E-state index contributed by atoms with van der Waals surface area (Å²) in [6, 6.07) is 14.2. The first-order valence-electron chi connectivity index (χ1n) is 11.9. The van der Waals surface area contributed by atoms with Crippen LogP contribution in [0.1, 0.15) is 51.7 Å². The second kappa shape index (κ2) is 8.64. The van der Waals surface area contributed by atoms with Gasteiger partial charge in [-0.25, -0.2) is 13.6 Å². The van der Waals surface area contributed by atoms with E-state index >= 15 is 0 Å². The number of hydrogen-bond acceptors (Lipinski definition) is 2. The lowest BCUT2D eigenvalue weighted by atomic mass is 9.95. The predicted octanol–water partition coefficient (Wildman–Crippen LogP) is 7.14. The van der Waals surface area contributed by atoms with Crippen LogP contribution in [0.3, 0.4) is 0 Å². The van der Waals surface area contributed by atoms with E-state index in [1.807, 2.05) is 24.4 Å². The van der Waals surface area contributed by atoms with E-state index in [0.29, 0.717) is 23.4 Å². The summed E-state index contributed by atoms with van der Waals surface area (Å²) in [4.78, 5) is 17.0. The summed E-state index contributed by atoms with van der Waals surface area (Å²) in [5.74, 6) is -0.721. The van der Waals surface area contributed by atoms with Gasteiger partial charge in [0.25, 0.3) is 0 Å². The number of anilines is 1. The predicted molar refractivity (Wildman–Crippen MR) is 134 cm³/mol. The van der Waals surface area contributed by atoms with Crippen molar-refractivity contribution in [2.75, 3.05) is 5.32 Å². The molecule has 35 heavy (non-hydrogen) atoms. The van der Waals surface area contributed by atoms with Crippen LogP contribution >= 0.6 is 11.3 Å². The molecule has 0 fully saturated rings. The maximum Gasteiger partial charge on any atom is 0.322 e. The zero-order valence-corrected chi connectivity index (χ0v) is 20.2. The number of hydrogen-bond donors (Lipinski definition) is 1. The highest BCUT2D eigenvalue weighted by atomic mass is 32.1. The first-order chi connectivity index (χ1) is 17.0. The topological polar surface area (TPSA) is 37.3 Å². The number of nitrogens with zero attached hydrogens (tertiary/aromatic N) is 2. The van der Waals surface area contributed by atoms with Crippen LogP contribution in [0.25, 0.3) is 5.00 Å². The number of carbonyl (C=O) groups is 1. The smallest absolute Gasteiger partial charge is 0.310 e. The third-order valence-corrected chi connectivity index (χ3v) is 8.36. The van der Waals surface area contributed by atoms with Gasteiger partial charge in [0.15, 0.2) is 0 Å². The van der Waals surface area contributed by atoms with Crippen molar-refractivity contribution in [3.05, 3.63) is 105 Å². The van der Waals surface area contributed by atoms with E-state index < -0.39 is 6.04 Å². The first-order valence-corrected chi connectivity index (χ1v) is 12.7. The van der Waals surface area contributed by atoms with E-state index in [-0.39, 0.29) is 17.7 Å². The summed E-state index contributed by atoms with van der Waals surface area (Å²) >= 11 is 1.80. The van der Waals surface area contributed by atoms with Crippen molar-refractivity contribution in [3.8, 4) is 5.00 Å². The standard InChI is InChI=1S/C28H25F2N3OS/c1-17-11-12-20(15-23(17)30)31-28(34)33-16-22-21-8-2-3-10-25(21)35-27(22)32-13-5-9-24(32)26(33)18-6-4-7-19(29)14-18/h4-7,9,11-15,26H,2-3,8,10,16H2,1H3,(H,31,34). The summed E-state index contributed by atoms with van der Waals surface area (Å²) < 4.78 is 30.7. The highest BCUT2D eigenvalue weighted by Gasteiger charge is 2.36. The molecule has 0 bridgehead atoms. The maximum absolute atomic E-state index is 14.3. The molecule has 1 aliphatic carbocycles. The molecular weight excluding hydrogens is 464 g/mol. The van der Waals surface area contributed by atoms with Crippen LogP contribution in [0, 0.1) is 18.6 Å². The average molecular weight is 490 g/mol. The Morgan fingerprint density at radius 3 is 2.71 bits per heavy atom. The van der Waals surface area contributed by atoms with Crippen molar-refractivity contribution in [1.82, 2.24) is 9.47 Å². The van der Waals surface area contributed by atoms with Crippen molar-refractivity contribution in [2.45, 2.75) is 45.2 Å². The third kappa shape index (κ3) is 3.84. The Morgan fingerprint density at radius 2 is 1.89 bits per heavy atom. The molecule has 4 aromatic rings. The van der Waals surface area contributed by atoms with Crippen LogP contribution in [0.15, 0.2) is 60.8 Å². The monoisotopic (exact) mass is 489 g/mol. The third-order valence-electron chi connectivity index (χ3n) is 7.03. The van der Waals surface area contributed by atoms with Gasteiger partial charge >= 0.3 is 6.03 Å². The van der Waals surface area contributed by atoms with Crippen molar-refractivity contribution >= 4 is 23.1 Å². The van der Waals surface area contributed by atoms with Gasteiger partial charge in [-0.15, -0.1) is 11.3 Å². The van der Waals surface area contributed by atoms with Gasteiger partial charge in [-0.3, -0.25) is 0 Å². The zero-order valence-electron chi connectivity index (χ0n) is 19.4. The number of aryl methyl sites for hydroxylation is 2. The molecule has 1 aliphatic heterocycles. The van der Waals surface area contributed by atoms with Gasteiger partial charge in [0.2, 0.25) is 0 Å². The number of benzene rings is 2. The Kier molecular flexibility index (Phi) is 5.44. The van der Waals surface area contributed by atoms with E-state index in [1.54, 1.807) is 41.4 Å². The summed E-state index contributed by atoms with van der Waals surface area (Å²) in [7, 11) is 0. The molecule has 0 saturated heterocycles. The number of halogens is 2. The van der Waals surface area contributed by atoms with E-state index in [1.165, 1.54) is 35.1 Å². The van der Waals surface area contributed by atoms with E-state index in [4.69, 9.17) is 0 Å². The molecule has 2 aromatic carbocycles. The normalized spacial score (nSPS) is 16.8. The Morgan fingerprint density at radius 1 is 1.03 bits per heavy atom. The molecule has 4 nitrogen and oxygen atoms in total. The molecule has 0 spiro atoms. The number of rotatable bonds is 2. The fourth-order valence-electron chi connectivity index (χ4n) is 5.28. The molecule has 178 valence electrons. The van der Waals surface area contributed by atoms with Crippen LogP contribution in [-0.4, -0.2) is 15.5 Å². The van der Waals surface area contributed by atoms with E-state index in [0.717, 1.165) is 35.5 Å². The zero-order chi connectivity index (χ0) is 24.1. The van der Waals surface area contributed by atoms with Crippen LogP contribution in [0.5, 0.6) is 0 Å². The van der Waals surface area contributed by atoms with Gasteiger partial charge in [-0.1, -0.05) is 18.2 Å². The largest absolute Gasteiger partial charge is 0.322 e. The fraction of sp³-hybridized carbons (Fsp3) is 0.250. The van der Waals surface area contributed by atoms with E-state index in [9.17, 15) is 13.6 Å². The summed E-state index contributed by atoms with van der Waals surface area (Å²) in [6.45, 7) is 2.08. The summed E-state index contributed by atoms with van der Waals surface area (Å²) in [5, 5.41) is 4.03. The van der Waals surface area contributed by atoms with Crippen molar-refractivity contribution in [3.63, 3.8) is 0 Å². The first kappa shape index (κ1) is 22.0. The number of thiophene rings is 1. The quantitative estimate of drug-likeness (QED) is 0.319. The number of nitrogens with one attached hydrogen (secondary N) is 1. The van der Waals surface area contributed by atoms with Gasteiger partial charge in [0.05, 0.1) is 18.3 Å².